The summed E-state index contributed by atoms with van der Waals surface area (Å²) in [6.45, 7) is 0. The average Bonchev–Trinajstić information content (AvgIpc) is 3.46. The fourth-order valence-corrected chi connectivity index (χ4v) is 7.12. The van der Waals surface area contributed by atoms with E-state index in [2.05, 4.69) is 118 Å². The molecule has 3 aliphatic rings. The minimum Gasteiger partial charge on any atom is -0.453 e. The molecule has 7 heteroatoms. The Bertz CT molecular complexity index is 2320. The van der Waals surface area contributed by atoms with Gasteiger partial charge >= 0.3 is 0 Å². The lowest BCUT2D eigenvalue weighted by molar-refractivity contribution is 0.477. The molecule has 0 spiro atoms. The van der Waals surface area contributed by atoms with E-state index in [4.69, 9.17) is 19.7 Å². The molecule has 0 unspecified atom stereocenters. The standard InChI is InChI=1S/C45H31N5O2/c1-2-4-14-33(13-3-1)50-44(31-23-27-34(28-24-31)48-36-15-5-9-19-40(36)51-41-20-10-6-16-37(41)48)46-47-45(50)32-25-29-35(30-26-32)49-38-17-7-11-21-42(38)52-43-22-12-8-18-39(43)49/h1-3,5-30H,4H2. The molecule has 3 heterocycles. The van der Waals surface area contributed by atoms with E-state index >= 15 is 0 Å². The minimum atomic E-state index is 0.766. The molecule has 1 aliphatic carbocycles. The lowest BCUT2D eigenvalue weighted by atomic mass is 10.1. The number of rotatable bonds is 5. The molecule has 0 saturated carbocycles. The number of para-hydroxylation sites is 8. The topological polar surface area (TPSA) is 55.7 Å². The van der Waals surface area contributed by atoms with Crippen LogP contribution >= 0.6 is 0 Å². The third kappa shape index (κ3) is 4.98. The number of nitrogens with zero attached hydrogens (tertiary/aromatic N) is 5. The second-order valence-corrected chi connectivity index (χ2v) is 12.7. The smallest absolute Gasteiger partial charge is 0.168 e. The van der Waals surface area contributed by atoms with Gasteiger partial charge in [0.1, 0.15) is 0 Å². The van der Waals surface area contributed by atoms with Crippen molar-refractivity contribution in [1.82, 2.24) is 14.8 Å². The molecule has 248 valence electrons. The van der Waals surface area contributed by atoms with Crippen LogP contribution in [-0.4, -0.2) is 14.8 Å². The van der Waals surface area contributed by atoms with Crippen molar-refractivity contribution in [2.75, 3.05) is 9.80 Å². The summed E-state index contributed by atoms with van der Waals surface area (Å²) in [5.74, 6) is 4.82. The monoisotopic (exact) mass is 673 g/mol. The van der Waals surface area contributed by atoms with Crippen LogP contribution in [0.3, 0.4) is 0 Å². The summed E-state index contributed by atoms with van der Waals surface area (Å²) in [7, 11) is 0. The van der Waals surface area contributed by atoms with Crippen LogP contribution in [0.25, 0.3) is 28.5 Å². The van der Waals surface area contributed by atoms with Crippen molar-refractivity contribution < 1.29 is 9.47 Å². The molecule has 0 atom stereocenters. The molecule has 0 saturated heterocycles. The van der Waals surface area contributed by atoms with E-state index in [0.717, 1.165) is 92.0 Å². The Kier molecular flexibility index (Phi) is 7.06. The normalized spacial score (nSPS) is 13.9. The van der Waals surface area contributed by atoms with Crippen LogP contribution in [0.4, 0.5) is 34.1 Å². The molecule has 7 nitrogen and oxygen atoms in total. The predicted octanol–water partition coefficient (Wildman–Crippen LogP) is 12.1. The fraction of sp³-hybridized carbons (Fsp3) is 0.0222. The lowest BCUT2D eigenvalue weighted by Crippen LogP contribution is -2.15. The van der Waals surface area contributed by atoms with Crippen LogP contribution in [0, 0.1) is 0 Å². The van der Waals surface area contributed by atoms with Crippen molar-refractivity contribution in [1.29, 1.82) is 0 Å². The summed E-state index contributed by atoms with van der Waals surface area (Å²) in [5.41, 5.74) is 8.96. The maximum Gasteiger partial charge on any atom is 0.168 e. The van der Waals surface area contributed by atoms with Gasteiger partial charge in [-0.1, -0.05) is 72.8 Å². The molecule has 52 heavy (non-hydrogen) atoms. The van der Waals surface area contributed by atoms with Gasteiger partial charge in [0.2, 0.25) is 0 Å². The third-order valence-corrected chi connectivity index (χ3v) is 9.53. The quantitative estimate of drug-likeness (QED) is 0.181. The predicted molar refractivity (Wildman–Crippen MR) is 208 cm³/mol. The average molecular weight is 674 g/mol. The molecule has 0 amide bonds. The zero-order chi connectivity index (χ0) is 34.4. The van der Waals surface area contributed by atoms with E-state index in [-0.39, 0.29) is 0 Å². The van der Waals surface area contributed by atoms with Crippen LogP contribution in [0.2, 0.25) is 0 Å². The number of benzene rings is 6. The second kappa shape index (κ2) is 12.3. The fourth-order valence-electron chi connectivity index (χ4n) is 7.12. The van der Waals surface area contributed by atoms with Gasteiger partial charge < -0.3 is 19.3 Å². The van der Waals surface area contributed by atoms with Crippen molar-refractivity contribution in [2.24, 2.45) is 0 Å². The molecule has 0 radical (unpaired) electrons. The Morgan fingerprint density at radius 2 is 0.846 bits per heavy atom. The Hall–Kier alpha value is -7.12. The highest BCUT2D eigenvalue weighted by molar-refractivity contribution is 5.88. The van der Waals surface area contributed by atoms with E-state index in [1.165, 1.54) is 0 Å². The maximum absolute atomic E-state index is 6.24. The first-order valence-electron chi connectivity index (χ1n) is 17.3. The Balaban J connectivity index is 1.04. The van der Waals surface area contributed by atoms with Gasteiger partial charge in [-0.15, -0.1) is 10.2 Å². The van der Waals surface area contributed by atoms with Crippen LogP contribution in [0.5, 0.6) is 23.0 Å². The molecule has 2 aliphatic heterocycles. The van der Waals surface area contributed by atoms with Crippen LogP contribution < -0.4 is 19.3 Å². The maximum atomic E-state index is 6.24. The molecule has 0 N–H and O–H groups in total. The minimum absolute atomic E-state index is 0.766. The molecule has 0 fully saturated rings. The summed E-state index contributed by atoms with van der Waals surface area (Å²) in [5, 5.41) is 9.62. The molecule has 6 aromatic carbocycles. The molecule has 0 bridgehead atoms. The van der Waals surface area contributed by atoms with E-state index < -0.39 is 0 Å². The molecule has 10 rings (SSSR count). The van der Waals surface area contributed by atoms with Crippen LogP contribution in [0.1, 0.15) is 6.42 Å². The van der Waals surface area contributed by atoms with Crippen LogP contribution in [-0.2, 0) is 0 Å². The highest BCUT2D eigenvalue weighted by atomic mass is 16.5. The summed E-state index contributed by atoms with van der Waals surface area (Å²) < 4.78 is 14.6. The van der Waals surface area contributed by atoms with Gasteiger partial charge in [0.25, 0.3) is 0 Å². The molecule has 7 aromatic rings. The molecular weight excluding hydrogens is 643 g/mol. The Labute approximate surface area is 301 Å². The van der Waals surface area contributed by atoms with E-state index in [1.54, 1.807) is 0 Å². The highest BCUT2D eigenvalue weighted by Gasteiger charge is 2.27. The summed E-state index contributed by atoms with van der Waals surface area (Å²) >= 11 is 0. The van der Waals surface area contributed by atoms with Gasteiger partial charge in [-0.3, -0.25) is 4.57 Å². The van der Waals surface area contributed by atoms with Gasteiger partial charge in [0.15, 0.2) is 34.6 Å². The number of hydrogen-bond acceptors (Lipinski definition) is 6. The Morgan fingerprint density at radius 3 is 1.27 bits per heavy atom. The summed E-state index contributed by atoms with van der Waals surface area (Å²) in [6.07, 6.45) is 11.4. The van der Waals surface area contributed by atoms with Crippen molar-refractivity contribution in [3.05, 3.63) is 176 Å². The number of anilines is 6. The summed E-state index contributed by atoms with van der Waals surface area (Å²) in [6, 6.07) is 49.5. The van der Waals surface area contributed by atoms with Gasteiger partial charge in [0, 0.05) is 28.2 Å². The summed E-state index contributed by atoms with van der Waals surface area (Å²) in [4.78, 5) is 4.48. The van der Waals surface area contributed by atoms with Crippen molar-refractivity contribution >= 4 is 39.8 Å². The zero-order valence-electron chi connectivity index (χ0n) is 28.0. The Morgan fingerprint density at radius 1 is 0.442 bits per heavy atom. The molecular formula is C45H31N5O2. The molecule has 1 aromatic heterocycles. The number of allylic oxidation sites excluding steroid dienone is 6. The number of ether oxygens (including phenoxy) is 2. The number of hydrogen-bond donors (Lipinski definition) is 0. The highest BCUT2D eigenvalue weighted by Crippen LogP contribution is 2.51. The van der Waals surface area contributed by atoms with Crippen molar-refractivity contribution in [3.63, 3.8) is 0 Å². The van der Waals surface area contributed by atoms with Gasteiger partial charge in [-0.25, -0.2) is 0 Å². The lowest BCUT2D eigenvalue weighted by Gasteiger charge is -2.32. The van der Waals surface area contributed by atoms with E-state index in [9.17, 15) is 0 Å². The van der Waals surface area contributed by atoms with Gasteiger partial charge in [0.05, 0.1) is 22.7 Å². The number of fused-ring (bicyclic) bond motifs is 4. The first-order chi connectivity index (χ1) is 25.8. The first-order valence-corrected chi connectivity index (χ1v) is 17.3. The van der Waals surface area contributed by atoms with Crippen LogP contribution in [0.15, 0.2) is 176 Å². The number of aromatic nitrogens is 3. The van der Waals surface area contributed by atoms with Crippen molar-refractivity contribution in [2.45, 2.75) is 6.42 Å². The SMILES string of the molecule is C1=CCC=C(n2c(-c3ccc(N4c5ccccc5Oc5ccccc54)cc3)nnc2-c2ccc(N3c4ccccc4Oc4ccccc43)cc2)C=C1. The zero-order valence-corrected chi connectivity index (χ0v) is 28.0. The first kappa shape index (κ1) is 29.8. The van der Waals surface area contributed by atoms with E-state index in [1.807, 2.05) is 72.8 Å². The van der Waals surface area contributed by atoms with E-state index in [0.29, 0.717) is 0 Å². The largest absolute Gasteiger partial charge is 0.453 e. The van der Waals surface area contributed by atoms with Gasteiger partial charge in [-0.05, 0) is 110 Å². The second-order valence-electron chi connectivity index (χ2n) is 12.7. The van der Waals surface area contributed by atoms with Crippen molar-refractivity contribution in [3.8, 4) is 45.8 Å². The van der Waals surface area contributed by atoms with Gasteiger partial charge in [-0.2, -0.15) is 0 Å². The third-order valence-electron chi connectivity index (χ3n) is 9.53.